The number of nitrogens with zero attached hydrogens (tertiary/aromatic N) is 1. The molecule has 0 amide bonds. The van der Waals surface area contributed by atoms with E-state index in [1.807, 2.05) is 0 Å². The zero-order valence-electron chi connectivity index (χ0n) is 14.7. The molecule has 3 nitrogen and oxygen atoms in total. The van der Waals surface area contributed by atoms with Crippen LogP contribution < -0.4 is 0 Å². The van der Waals surface area contributed by atoms with Gasteiger partial charge in [-0.1, -0.05) is 12.1 Å². The second-order valence-electron chi connectivity index (χ2n) is 6.03. The third kappa shape index (κ3) is 4.17. The summed E-state index contributed by atoms with van der Waals surface area (Å²) in [6.45, 7) is 0. The summed E-state index contributed by atoms with van der Waals surface area (Å²) in [5.74, 6) is 0. The number of nitriles is 1. The van der Waals surface area contributed by atoms with Crippen LogP contribution in [0.25, 0.3) is 11.1 Å². The van der Waals surface area contributed by atoms with Crippen LogP contribution in [0.1, 0.15) is 11.1 Å². The third-order valence-corrected chi connectivity index (χ3v) is 6.05. The van der Waals surface area contributed by atoms with E-state index >= 15 is 0 Å². The van der Waals surface area contributed by atoms with Gasteiger partial charge in [0, 0.05) is 21.7 Å². The molecular weight excluding hydrogens is 552 g/mol. The normalized spacial score (nSPS) is 13.7. The van der Waals surface area contributed by atoms with Crippen molar-refractivity contribution >= 4 is 25.8 Å². The lowest BCUT2D eigenvalue weighted by molar-refractivity contribution is -0.348. The fourth-order valence-electron chi connectivity index (χ4n) is 2.53. The molecule has 0 unspecified atom stereocenters. The second kappa shape index (κ2) is 7.91. The highest BCUT2D eigenvalue weighted by molar-refractivity contribution is 9.10. The lowest BCUT2D eigenvalue weighted by Gasteiger charge is -2.32. The van der Waals surface area contributed by atoms with E-state index in [1.165, 1.54) is 6.07 Å². The fourth-order valence-corrected chi connectivity index (χ4v) is 4.08. The van der Waals surface area contributed by atoms with Crippen molar-refractivity contribution in [3.05, 3.63) is 52.0 Å². The third-order valence-electron chi connectivity index (χ3n) is 4.05. The molecule has 2 rings (SSSR count). The van der Waals surface area contributed by atoms with E-state index in [0.29, 0.717) is 0 Å². The number of hydrogen-bond donors (Lipinski definition) is 0. The Bertz CT molecular complexity index is 1160. The number of sulfone groups is 1. The molecule has 0 bridgehead atoms. The average Bonchev–Trinajstić information content (AvgIpc) is 2.64. The minimum absolute atomic E-state index is 0.107. The number of rotatable bonds is 3. The molecule has 15 heteroatoms. The van der Waals surface area contributed by atoms with E-state index in [1.54, 1.807) is 6.07 Å². The Hall–Kier alpha value is -2.34. The summed E-state index contributed by atoms with van der Waals surface area (Å²) in [5, 5.41) is 8.76. The van der Waals surface area contributed by atoms with E-state index in [0.717, 1.165) is 24.3 Å². The molecule has 0 spiro atoms. The Kier molecular flexibility index (Phi) is 6.40. The largest absolute Gasteiger partial charge is 0.501 e. The molecule has 0 fully saturated rings. The average molecular weight is 557 g/mol. The zero-order chi connectivity index (χ0) is 24.9. The molecule has 0 heterocycles. The molecular formula is C17H5BrF10NO2S. The highest BCUT2D eigenvalue weighted by Gasteiger charge is 2.74. The molecule has 1 radical (unpaired) electrons. The Balaban J connectivity index is 3.09. The minimum atomic E-state index is -6.76. The van der Waals surface area contributed by atoms with Gasteiger partial charge in [0.05, 0.1) is 16.5 Å². The number of benzene rings is 2. The first-order valence-electron chi connectivity index (χ1n) is 7.69. The lowest BCUT2D eigenvalue weighted by Crippen LogP contribution is -2.50. The quantitative estimate of drug-likeness (QED) is 0.413. The second-order valence-corrected chi connectivity index (χ2v) is 8.73. The molecule has 2 aromatic carbocycles. The van der Waals surface area contributed by atoms with Crippen molar-refractivity contribution in [1.29, 1.82) is 5.26 Å². The van der Waals surface area contributed by atoms with Crippen LogP contribution in [0.4, 0.5) is 43.9 Å². The van der Waals surface area contributed by atoms with Crippen molar-refractivity contribution in [1.82, 2.24) is 0 Å². The van der Waals surface area contributed by atoms with Crippen LogP contribution in [-0.2, 0) is 15.5 Å². The molecule has 2 aromatic rings. The van der Waals surface area contributed by atoms with Gasteiger partial charge in [0.25, 0.3) is 9.84 Å². The molecule has 0 saturated carbocycles. The maximum Gasteiger partial charge on any atom is 0.501 e. The number of alkyl halides is 10. The van der Waals surface area contributed by atoms with Gasteiger partial charge >= 0.3 is 23.5 Å². The molecule has 32 heavy (non-hydrogen) atoms. The molecule has 0 N–H and O–H groups in total. The van der Waals surface area contributed by atoms with Gasteiger partial charge in [-0.15, -0.1) is 0 Å². The summed E-state index contributed by atoms with van der Waals surface area (Å²) in [5.41, 5.74) is -16.8. The van der Waals surface area contributed by atoms with Gasteiger partial charge in [-0.25, -0.2) is 12.8 Å². The Labute approximate surface area is 181 Å². The first kappa shape index (κ1) is 25.9. The lowest BCUT2D eigenvalue weighted by atomic mass is 9.87. The van der Waals surface area contributed by atoms with Crippen molar-refractivity contribution in [2.45, 2.75) is 28.4 Å². The van der Waals surface area contributed by atoms with Crippen LogP contribution in [-0.4, -0.2) is 26.3 Å². The Morgan fingerprint density at radius 3 is 1.72 bits per heavy atom. The molecule has 0 aromatic heterocycles. The van der Waals surface area contributed by atoms with Crippen LogP contribution in [0.15, 0.2) is 39.7 Å². The highest BCUT2D eigenvalue weighted by Crippen LogP contribution is 2.56. The predicted molar refractivity (Wildman–Crippen MR) is 91.3 cm³/mol. The van der Waals surface area contributed by atoms with Crippen LogP contribution in [0.5, 0.6) is 0 Å². The number of halogens is 11. The predicted octanol–water partition coefficient (Wildman–Crippen LogP) is 6.37. The summed E-state index contributed by atoms with van der Waals surface area (Å²) >= 11 is 2.40. The zero-order valence-corrected chi connectivity index (χ0v) is 17.1. The first-order valence-corrected chi connectivity index (χ1v) is 9.97. The summed E-state index contributed by atoms with van der Waals surface area (Å²) in [6, 6.07) is 5.84. The van der Waals surface area contributed by atoms with Gasteiger partial charge in [-0.2, -0.15) is 44.8 Å². The molecule has 0 aliphatic carbocycles. The van der Waals surface area contributed by atoms with E-state index in [-0.39, 0.29) is 5.56 Å². The van der Waals surface area contributed by atoms with Crippen LogP contribution in [0, 0.1) is 17.4 Å². The standard InChI is InChI=1S/C17H5BrF10NO2S/c18-12-6-10(32(30,31)17(26,27)28)5-11(14(19,15(20,21)22)16(23,24)25)13(12)9-3-1-8(7-29)2-4-9/h1-5H. The van der Waals surface area contributed by atoms with Crippen molar-refractivity contribution in [2.75, 3.05) is 0 Å². The Morgan fingerprint density at radius 2 is 1.34 bits per heavy atom. The minimum Gasteiger partial charge on any atom is -0.218 e. The SMILES string of the molecule is N#Cc1ccc(-c2c(Br)[c]c(S(=O)(=O)C(F)(F)F)cc2C(F)(C(F)(F)F)C(F)(F)F)cc1. The highest BCUT2D eigenvalue weighted by atomic mass is 79.9. The van der Waals surface area contributed by atoms with Crippen molar-refractivity contribution in [3.63, 3.8) is 0 Å². The Morgan fingerprint density at radius 1 is 0.875 bits per heavy atom. The van der Waals surface area contributed by atoms with Crippen molar-refractivity contribution in [3.8, 4) is 17.2 Å². The van der Waals surface area contributed by atoms with E-state index in [2.05, 4.69) is 15.9 Å². The van der Waals surface area contributed by atoms with Crippen LogP contribution in [0.3, 0.4) is 0 Å². The van der Waals surface area contributed by atoms with Crippen LogP contribution in [0.2, 0.25) is 0 Å². The summed E-state index contributed by atoms with van der Waals surface area (Å²) in [7, 11) is -6.51. The summed E-state index contributed by atoms with van der Waals surface area (Å²) in [4.78, 5) is -2.17. The van der Waals surface area contributed by atoms with Crippen molar-refractivity contribution in [2.24, 2.45) is 0 Å². The smallest absolute Gasteiger partial charge is 0.218 e. The molecule has 0 aliphatic heterocycles. The number of hydrogen-bond acceptors (Lipinski definition) is 3. The van der Waals surface area contributed by atoms with Gasteiger partial charge in [0.2, 0.25) is 0 Å². The maximum atomic E-state index is 14.9. The van der Waals surface area contributed by atoms with E-state index in [4.69, 9.17) is 5.26 Å². The van der Waals surface area contributed by atoms with E-state index in [9.17, 15) is 52.3 Å². The molecule has 0 aliphatic rings. The molecule has 173 valence electrons. The summed E-state index contributed by atoms with van der Waals surface area (Å²) in [6.07, 6.45) is -13.5. The van der Waals surface area contributed by atoms with E-state index < -0.39 is 65.5 Å². The topological polar surface area (TPSA) is 57.9 Å². The van der Waals surface area contributed by atoms with Gasteiger partial charge in [0.1, 0.15) is 0 Å². The van der Waals surface area contributed by atoms with Gasteiger partial charge in [-0.3, -0.25) is 0 Å². The fraction of sp³-hybridized carbons (Fsp3) is 0.235. The molecule has 0 atom stereocenters. The van der Waals surface area contributed by atoms with Gasteiger partial charge in [0.15, 0.2) is 0 Å². The first-order chi connectivity index (χ1) is 14.3. The summed E-state index contributed by atoms with van der Waals surface area (Å²) < 4.78 is 156. The monoisotopic (exact) mass is 556 g/mol. The van der Waals surface area contributed by atoms with Gasteiger partial charge in [-0.05, 0) is 39.7 Å². The maximum absolute atomic E-state index is 14.9. The molecule has 0 saturated heterocycles. The van der Waals surface area contributed by atoms with Crippen molar-refractivity contribution < 1.29 is 52.3 Å². The van der Waals surface area contributed by atoms with Gasteiger partial charge < -0.3 is 0 Å². The van der Waals surface area contributed by atoms with Crippen LogP contribution >= 0.6 is 15.9 Å².